The number of morpholine rings is 1. The lowest BCUT2D eigenvalue weighted by Crippen LogP contribution is -2.45. The molecule has 2 heterocycles. The predicted octanol–water partition coefficient (Wildman–Crippen LogP) is 1.74. The lowest BCUT2D eigenvalue weighted by molar-refractivity contribution is -0.00545. The van der Waals surface area contributed by atoms with Gasteiger partial charge in [0.25, 0.3) is 0 Å². The Morgan fingerprint density at radius 1 is 1.31 bits per heavy atom. The number of nitrogens with one attached hydrogen (secondary N) is 1. The maximum atomic E-state index is 5.71. The van der Waals surface area contributed by atoms with Crippen molar-refractivity contribution in [3.8, 4) is 0 Å². The highest BCUT2D eigenvalue weighted by Crippen LogP contribution is 2.19. The van der Waals surface area contributed by atoms with Crippen LogP contribution in [0.5, 0.6) is 0 Å². The van der Waals surface area contributed by atoms with Gasteiger partial charge in [-0.3, -0.25) is 0 Å². The third-order valence-electron chi connectivity index (χ3n) is 2.73. The van der Waals surface area contributed by atoms with E-state index in [1.165, 1.54) is 0 Å². The molecule has 0 aromatic carbocycles. The van der Waals surface area contributed by atoms with Crippen LogP contribution in [0.4, 0.5) is 11.6 Å². The van der Waals surface area contributed by atoms with Crippen LogP contribution in [0.15, 0.2) is 18.2 Å². The van der Waals surface area contributed by atoms with Gasteiger partial charge in [-0.1, -0.05) is 6.07 Å². The number of pyridine rings is 1. The van der Waals surface area contributed by atoms with Gasteiger partial charge in [0, 0.05) is 20.1 Å². The molecule has 1 saturated heterocycles. The number of rotatable bonds is 2. The van der Waals surface area contributed by atoms with E-state index in [4.69, 9.17) is 4.74 Å². The quantitative estimate of drug-likeness (QED) is 0.825. The molecule has 1 N–H and O–H groups in total. The summed E-state index contributed by atoms with van der Waals surface area (Å²) in [5.74, 6) is 1.93. The maximum Gasteiger partial charge on any atom is 0.131 e. The Labute approximate surface area is 96.6 Å². The molecule has 0 radical (unpaired) electrons. The largest absolute Gasteiger partial charge is 0.373 e. The second-order valence-electron chi connectivity index (χ2n) is 4.29. The monoisotopic (exact) mass is 221 g/mol. The zero-order chi connectivity index (χ0) is 11.5. The zero-order valence-corrected chi connectivity index (χ0v) is 10.1. The average molecular weight is 221 g/mol. The lowest BCUT2D eigenvalue weighted by atomic mass is 10.2. The number of nitrogens with zero attached hydrogens (tertiary/aromatic N) is 2. The molecule has 0 aliphatic carbocycles. The van der Waals surface area contributed by atoms with E-state index in [0.29, 0.717) is 0 Å². The van der Waals surface area contributed by atoms with Crippen LogP contribution in [0.3, 0.4) is 0 Å². The van der Waals surface area contributed by atoms with Crippen molar-refractivity contribution in [2.45, 2.75) is 26.1 Å². The molecular formula is C12H19N3O. The van der Waals surface area contributed by atoms with Crippen molar-refractivity contribution >= 4 is 11.6 Å². The molecule has 88 valence electrons. The van der Waals surface area contributed by atoms with Crippen molar-refractivity contribution in [3.05, 3.63) is 18.2 Å². The molecule has 4 heteroatoms. The smallest absolute Gasteiger partial charge is 0.131 e. The van der Waals surface area contributed by atoms with E-state index in [9.17, 15) is 0 Å². The summed E-state index contributed by atoms with van der Waals surface area (Å²) < 4.78 is 5.71. The average Bonchev–Trinajstić information content (AvgIpc) is 2.28. The van der Waals surface area contributed by atoms with Gasteiger partial charge in [0.15, 0.2) is 0 Å². The molecule has 1 aliphatic heterocycles. The SMILES string of the molecule is CNc1cccc(N2C[C@@H](C)O[C@@H](C)C2)n1. The van der Waals surface area contributed by atoms with Crippen LogP contribution in [-0.4, -0.2) is 37.3 Å². The summed E-state index contributed by atoms with van der Waals surface area (Å²) in [5, 5.41) is 3.06. The molecule has 0 bridgehead atoms. The fraction of sp³-hybridized carbons (Fsp3) is 0.583. The molecule has 1 fully saturated rings. The topological polar surface area (TPSA) is 37.4 Å². The summed E-state index contributed by atoms with van der Waals surface area (Å²) in [5.41, 5.74) is 0. The Morgan fingerprint density at radius 3 is 2.62 bits per heavy atom. The molecule has 0 amide bonds. The molecule has 0 unspecified atom stereocenters. The van der Waals surface area contributed by atoms with Crippen molar-refractivity contribution in [1.29, 1.82) is 0 Å². The normalized spacial score (nSPS) is 25.6. The van der Waals surface area contributed by atoms with Gasteiger partial charge in [0.05, 0.1) is 12.2 Å². The van der Waals surface area contributed by atoms with E-state index in [2.05, 4.69) is 29.0 Å². The van der Waals surface area contributed by atoms with Crippen LogP contribution in [0.1, 0.15) is 13.8 Å². The van der Waals surface area contributed by atoms with Gasteiger partial charge in [-0.2, -0.15) is 0 Å². The molecule has 1 aliphatic rings. The summed E-state index contributed by atoms with van der Waals surface area (Å²) >= 11 is 0. The molecule has 2 rings (SSSR count). The minimum absolute atomic E-state index is 0.267. The second-order valence-corrected chi connectivity index (χ2v) is 4.29. The Bertz CT molecular complexity index is 346. The van der Waals surface area contributed by atoms with E-state index < -0.39 is 0 Å². The molecule has 1 aromatic heterocycles. The van der Waals surface area contributed by atoms with Crippen molar-refractivity contribution in [3.63, 3.8) is 0 Å². The summed E-state index contributed by atoms with van der Waals surface area (Å²) in [6.07, 6.45) is 0.535. The van der Waals surface area contributed by atoms with Crippen LogP contribution >= 0.6 is 0 Å². The highest BCUT2D eigenvalue weighted by atomic mass is 16.5. The van der Waals surface area contributed by atoms with Crippen LogP contribution < -0.4 is 10.2 Å². The Hall–Kier alpha value is -1.29. The van der Waals surface area contributed by atoms with E-state index in [-0.39, 0.29) is 12.2 Å². The molecule has 0 saturated carbocycles. The Kier molecular flexibility index (Phi) is 3.29. The van der Waals surface area contributed by atoms with Gasteiger partial charge in [-0.15, -0.1) is 0 Å². The minimum atomic E-state index is 0.267. The highest BCUT2D eigenvalue weighted by Gasteiger charge is 2.22. The maximum absolute atomic E-state index is 5.71. The molecule has 16 heavy (non-hydrogen) atoms. The molecule has 0 spiro atoms. The van der Waals surface area contributed by atoms with E-state index in [0.717, 1.165) is 24.7 Å². The number of anilines is 2. The molecule has 1 aromatic rings. The van der Waals surface area contributed by atoms with E-state index in [1.54, 1.807) is 0 Å². The fourth-order valence-corrected chi connectivity index (χ4v) is 2.10. The van der Waals surface area contributed by atoms with Gasteiger partial charge >= 0.3 is 0 Å². The van der Waals surface area contributed by atoms with Crippen molar-refractivity contribution in [1.82, 2.24) is 4.98 Å². The third kappa shape index (κ3) is 2.44. The van der Waals surface area contributed by atoms with Crippen molar-refractivity contribution < 1.29 is 4.74 Å². The summed E-state index contributed by atoms with van der Waals surface area (Å²) in [6, 6.07) is 6.04. The third-order valence-corrected chi connectivity index (χ3v) is 2.73. The first kappa shape index (κ1) is 11.2. The van der Waals surface area contributed by atoms with Gasteiger partial charge in [-0.25, -0.2) is 4.98 Å². The van der Waals surface area contributed by atoms with Gasteiger partial charge < -0.3 is 15.0 Å². The minimum Gasteiger partial charge on any atom is -0.373 e. The van der Waals surface area contributed by atoms with E-state index >= 15 is 0 Å². The Morgan fingerprint density at radius 2 is 2.00 bits per heavy atom. The standard InChI is InChI=1S/C12H19N3O/c1-9-7-15(8-10(2)16-9)12-6-4-5-11(13-3)14-12/h4-6,9-10H,7-8H2,1-3H3,(H,13,14)/t9-,10+. The number of hydrogen-bond donors (Lipinski definition) is 1. The van der Waals surface area contributed by atoms with Crippen molar-refractivity contribution in [2.24, 2.45) is 0 Å². The van der Waals surface area contributed by atoms with Gasteiger partial charge in [0.2, 0.25) is 0 Å². The van der Waals surface area contributed by atoms with Gasteiger partial charge in [-0.05, 0) is 26.0 Å². The van der Waals surface area contributed by atoms with Crippen LogP contribution in [0.25, 0.3) is 0 Å². The summed E-state index contributed by atoms with van der Waals surface area (Å²) in [6.45, 7) is 6.02. The van der Waals surface area contributed by atoms with Crippen LogP contribution in [0, 0.1) is 0 Å². The molecular weight excluding hydrogens is 202 g/mol. The number of ether oxygens (including phenoxy) is 1. The first-order valence-electron chi connectivity index (χ1n) is 5.74. The fourth-order valence-electron chi connectivity index (χ4n) is 2.10. The predicted molar refractivity (Wildman–Crippen MR) is 66.0 cm³/mol. The second kappa shape index (κ2) is 4.70. The number of hydrogen-bond acceptors (Lipinski definition) is 4. The highest BCUT2D eigenvalue weighted by molar-refractivity contribution is 5.47. The summed E-state index contributed by atoms with van der Waals surface area (Å²) in [4.78, 5) is 6.82. The van der Waals surface area contributed by atoms with Crippen molar-refractivity contribution in [2.75, 3.05) is 30.4 Å². The molecule has 4 nitrogen and oxygen atoms in total. The first-order valence-corrected chi connectivity index (χ1v) is 5.74. The first-order chi connectivity index (χ1) is 7.69. The Balaban J connectivity index is 2.16. The van der Waals surface area contributed by atoms with E-state index in [1.807, 2.05) is 25.2 Å². The molecule has 2 atom stereocenters. The summed E-state index contributed by atoms with van der Waals surface area (Å²) in [7, 11) is 1.89. The van der Waals surface area contributed by atoms with Crippen LogP contribution in [0.2, 0.25) is 0 Å². The lowest BCUT2D eigenvalue weighted by Gasteiger charge is -2.36. The van der Waals surface area contributed by atoms with Crippen LogP contribution in [-0.2, 0) is 4.74 Å². The number of aromatic nitrogens is 1. The zero-order valence-electron chi connectivity index (χ0n) is 10.1. The van der Waals surface area contributed by atoms with Gasteiger partial charge in [0.1, 0.15) is 11.6 Å².